The van der Waals surface area contributed by atoms with Crippen molar-refractivity contribution in [3.05, 3.63) is 27.0 Å². The fourth-order valence-corrected chi connectivity index (χ4v) is 4.54. The van der Waals surface area contributed by atoms with E-state index >= 15 is 0 Å². The highest BCUT2D eigenvalue weighted by atomic mass is 79.9. The third-order valence-electron chi connectivity index (χ3n) is 2.25. The van der Waals surface area contributed by atoms with E-state index in [4.69, 9.17) is 5.11 Å². The third kappa shape index (κ3) is 3.48. The van der Waals surface area contributed by atoms with Gasteiger partial charge in [-0.25, -0.2) is 4.98 Å². The van der Waals surface area contributed by atoms with Crippen molar-refractivity contribution in [1.82, 2.24) is 25.2 Å². The maximum atomic E-state index is 10.7. The second-order valence-corrected chi connectivity index (χ2v) is 8.24. The van der Waals surface area contributed by atoms with Gasteiger partial charge >= 0.3 is 5.97 Å². The molecule has 0 aliphatic heterocycles. The van der Waals surface area contributed by atoms with Crippen LogP contribution >= 0.6 is 50.4 Å². The lowest BCUT2D eigenvalue weighted by atomic mass is 10.3. The van der Waals surface area contributed by atoms with Crippen molar-refractivity contribution in [2.45, 2.75) is 15.9 Å². The van der Waals surface area contributed by atoms with Crippen LogP contribution in [0.1, 0.15) is 5.69 Å². The Morgan fingerprint density at radius 2 is 2.33 bits per heavy atom. The summed E-state index contributed by atoms with van der Waals surface area (Å²) in [7, 11) is 0. The van der Waals surface area contributed by atoms with Crippen molar-refractivity contribution >= 4 is 56.3 Å². The molecule has 0 aliphatic rings. The Kier molecular flexibility index (Phi) is 4.33. The highest BCUT2D eigenvalue weighted by molar-refractivity contribution is 9.11. The largest absolute Gasteiger partial charge is 0.481 e. The fourth-order valence-electron chi connectivity index (χ4n) is 1.45. The molecule has 3 heterocycles. The molecule has 0 spiro atoms. The molecule has 0 aromatic carbocycles. The lowest BCUT2D eigenvalue weighted by molar-refractivity contribution is -0.136. The van der Waals surface area contributed by atoms with Gasteiger partial charge in [-0.3, -0.25) is 4.79 Å². The molecular formula is C10H6BrN5O2S3. The van der Waals surface area contributed by atoms with Crippen molar-refractivity contribution in [3.8, 4) is 5.00 Å². The second-order valence-electron chi connectivity index (χ2n) is 3.73. The van der Waals surface area contributed by atoms with Gasteiger partial charge in [0.05, 0.1) is 15.9 Å². The van der Waals surface area contributed by atoms with Crippen LogP contribution in [0.15, 0.2) is 30.8 Å². The smallest absolute Gasteiger partial charge is 0.309 e. The average Bonchev–Trinajstić information content (AvgIpc) is 3.11. The molecule has 0 saturated carbocycles. The molecule has 21 heavy (non-hydrogen) atoms. The quantitative estimate of drug-likeness (QED) is 0.699. The van der Waals surface area contributed by atoms with Crippen LogP contribution in [0.25, 0.3) is 5.00 Å². The molecule has 0 aliphatic carbocycles. The minimum Gasteiger partial charge on any atom is -0.481 e. The monoisotopic (exact) mass is 403 g/mol. The molecule has 0 radical (unpaired) electrons. The zero-order valence-corrected chi connectivity index (χ0v) is 14.2. The van der Waals surface area contributed by atoms with Gasteiger partial charge in [-0.2, -0.15) is 4.68 Å². The maximum Gasteiger partial charge on any atom is 0.309 e. The molecule has 108 valence electrons. The van der Waals surface area contributed by atoms with Gasteiger partial charge in [0, 0.05) is 5.38 Å². The predicted molar refractivity (Wildman–Crippen MR) is 82.3 cm³/mol. The van der Waals surface area contributed by atoms with E-state index in [0.29, 0.717) is 15.2 Å². The lowest BCUT2D eigenvalue weighted by Crippen LogP contribution is -2.00. The number of rotatable bonds is 5. The summed E-state index contributed by atoms with van der Waals surface area (Å²) in [6, 6.07) is 3.83. The van der Waals surface area contributed by atoms with E-state index in [0.717, 1.165) is 8.79 Å². The van der Waals surface area contributed by atoms with Crippen LogP contribution in [0.3, 0.4) is 0 Å². The number of carbonyl (C=O) groups is 1. The number of halogens is 1. The molecule has 1 N–H and O–H groups in total. The van der Waals surface area contributed by atoms with E-state index in [1.165, 1.54) is 34.4 Å². The molecule has 11 heteroatoms. The second kappa shape index (κ2) is 6.22. The molecule has 3 aromatic heterocycles. The van der Waals surface area contributed by atoms with Crippen molar-refractivity contribution in [1.29, 1.82) is 0 Å². The van der Waals surface area contributed by atoms with E-state index in [9.17, 15) is 4.79 Å². The molecule has 0 amide bonds. The Morgan fingerprint density at radius 1 is 1.48 bits per heavy atom. The molecule has 3 aromatic rings. The van der Waals surface area contributed by atoms with Crippen LogP contribution in [0.2, 0.25) is 0 Å². The summed E-state index contributed by atoms with van der Waals surface area (Å²) >= 11 is 7.59. The van der Waals surface area contributed by atoms with E-state index < -0.39 is 5.97 Å². The summed E-state index contributed by atoms with van der Waals surface area (Å²) in [5.41, 5.74) is 0.535. The van der Waals surface area contributed by atoms with Gasteiger partial charge in [0.2, 0.25) is 5.16 Å². The normalized spacial score (nSPS) is 10.9. The van der Waals surface area contributed by atoms with Crippen molar-refractivity contribution in [2.24, 2.45) is 0 Å². The third-order valence-corrected chi connectivity index (χ3v) is 5.77. The number of hydrogen-bond acceptors (Lipinski definition) is 8. The SMILES string of the molecule is O=C(O)Cc1csc(Sc2nnnn2-c2ccc(Br)s2)n1. The number of thiazole rings is 1. The summed E-state index contributed by atoms with van der Waals surface area (Å²) in [5, 5.41) is 23.6. The minimum atomic E-state index is -0.898. The lowest BCUT2D eigenvalue weighted by Gasteiger charge is -1.98. The zero-order chi connectivity index (χ0) is 14.8. The van der Waals surface area contributed by atoms with Gasteiger partial charge in [-0.05, 0) is 50.3 Å². The van der Waals surface area contributed by atoms with E-state index in [1.54, 1.807) is 10.1 Å². The topological polar surface area (TPSA) is 93.8 Å². The van der Waals surface area contributed by atoms with Crippen LogP contribution in [-0.4, -0.2) is 36.3 Å². The number of tetrazole rings is 1. The molecule has 0 fully saturated rings. The Labute approximate surface area is 139 Å². The van der Waals surface area contributed by atoms with Crippen LogP contribution in [0, 0.1) is 0 Å². The summed E-state index contributed by atoms with van der Waals surface area (Å²) in [6.07, 6.45) is -0.0835. The van der Waals surface area contributed by atoms with Gasteiger partial charge in [0.1, 0.15) is 5.00 Å². The zero-order valence-electron chi connectivity index (χ0n) is 10.1. The van der Waals surface area contributed by atoms with Gasteiger partial charge in [0.25, 0.3) is 0 Å². The van der Waals surface area contributed by atoms with Gasteiger partial charge < -0.3 is 5.11 Å². The number of nitrogens with zero attached hydrogens (tertiary/aromatic N) is 5. The Hall–Kier alpha value is -1.30. The molecule has 0 unspecified atom stereocenters. The molecule has 0 bridgehead atoms. The van der Waals surface area contributed by atoms with Crippen molar-refractivity contribution in [2.75, 3.05) is 0 Å². The average molecular weight is 404 g/mol. The van der Waals surface area contributed by atoms with Gasteiger partial charge in [0.15, 0.2) is 4.34 Å². The predicted octanol–water partition coefficient (Wildman–Crippen LogP) is 2.72. The molecule has 7 nitrogen and oxygen atoms in total. The number of hydrogen-bond donors (Lipinski definition) is 1. The molecule has 0 atom stereocenters. The van der Waals surface area contributed by atoms with E-state index in [-0.39, 0.29) is 6.42 Å². The van der Waals surface area contributed by atoms with Gasteiger partial charge in [-0.1, -0.05) is 0 Å². The van der Waals surface area contributed by atoms with E-state index in [2.05, 4.69) is 36.4 Å². The highest BCUT2D eigenvalue weighted by Gasteiger charge is 2.14. The van der Waals surface area contributed by atoms with E-state index in [1.807, 2.05) is 12.1 Å². The Bertz CT molecular complexity index is 783. The standard InChI is InChI=1S/C10H6BrN5O2S3/c11-6-1-2-7(20-6)16-9(13-14-15-16)21-10-12-5(4-19-10)3-8(17)18/h1-2,4H,3H2,(H,17,18). The first-order valence-electron chi connectivity index (χ1n) is 5.50. The highest BCUT2D eigenvalue weighted by Crippen LogP contribution is 2.32. The van der Waals surface area contributed by atoms with Crippen molar-refractivity contribution in [3.63, 3.8) is 0 Å². The Morgan fingerprint density at radius 3 is 3.05 bits per heavy atom. The maximum absolute atomic E-state index is 10.7. The first-order chi connectivity index (χ1) is 10.1. The minimum absolute atomic E-state index is 0.0835. The van der Waals surface area contributed by atoms with Crippen LogP contribution in [0.5, 0.6) is 0 Å². The number of aliphatic carboxylic acids is 1. The van der Waals surface area contributed by atoms with Crippen LogP contribution in [-0.2, 0) is 11.2 Å². The van der Waals surface area contributed by atoms with Gasteiger partial charge in [-0.15, -0.1) is 27.8 Å². The summed E-state index contributed by atoms with van der Waals surface area (Å²) in [5.74, 6) is -0.898. The van der Waals surface area contributed by atoms with Crippen LogP contribution in [0.4, 0.5) is 0 Å². The molecule has 3 rings (SSSR count). The summed E-state index contributed by atoms with van der Waals surface area (Å²) in [6.45, 7) is 0. The number of thiophene rings is 1. The number of carboxylic acids is 1. The first kappa shape index (κ1) is 14.6. The van der Waals surface area contributed by atoms with Crippen LogP contribution < -0.4 is 0 Å². The summed E-state index contributed by atoms with van der Waals surface area (Å²) < 4.78 is 3.32. The molecule has 0 saturated heterocycles. The Balaban J connectivity index is 1.81. The summed E-state index contributed by atoms with van der Waals surface area (Å²) in [4.78, 5) is 14.9. The number of carboxylic acid groups (broad SMARTS) is 1. The molecular weight excluding hydrogens is 398 g/mol. The van der Waals surface area contributed by atoms with Crippen molar-refractivity contribution < 1.29 is 9.90 Å². The first-order valence-corrected chi connectivity index (χ1v) is 8.80. The number of aromatic nitrogens is 5. The fraction of sp³-hybridized carbons (Fsp3) is 0.100.